The van der Waals surface area contributed by atoms with Gasteiger partial charge in [-0.25, -0.2) is 4.98 Å². The van der Waals surface area contributed by atoms with Crippen LogP contribution in [0.3, 0.4) is 0 Å². The zero-order valence-corrected chi connectivity index (χ0v) is 14.3. The summed E-state index contributed by atoms with van der Waals surface area (Å²) in [5, 5.41) is 0.286. The molecule has 2 aromatic carbocycles. The van der Waals surface area contributed by atoms with Crippen molar-refractivity contribution in [3.05, 3.63) is 89.6 Å². The lowest BCUT2D eigenvalue weighted by Gasteiger charge is -2.24. The number of rotatable bonds is 4. The quantitative estimate of drug-likeness (QED) is 0.720. The molecular weight excluding hydrogens is 314 g/mol. The summed E-state index contributed by atoms with van der Waals surface area (Å²) in [5.41, 5.74) is 10.2. The average Bonchev–Trinajstić information content (AvgIpc) is 2.58. The van der Waals surface area contributed by atoms with Crippen LogP contribution in [0.1, 0.15) is 16.8 Å². The Morgan fingerprint density at radius 2 is 1.67 bits per heavy atom. The Hall–Kier alpha value is -2.72. The van der Waals surface area contributed by atoms with Crippen LogP contribution in [0.4, 0.5) is 11.5 Å². The topological polar surface area (TPSA) is 42.1 Å². The summed E-state index contributed by atoms with van der Waals surface area (Å²) in [6.45, 7) is 2.04. The molecule has 0 aliphatic heterocycles. The maximum Gasteiger partial charge on any atom is 0.176 e. The largest absolute Gasteiger partial charge is 0.376 e. The van der Waals surface area contributed by atoms with E-state index in [0.717, 1.165) is 29.2 Å². The highest BCUT2D eigenvalue weighted by molar-refractivity contribution is 7.80. The Balaban J connectivity index is 1.96. The van der Waals surface area contributed by atoms with Gasteiger partial charge in [-0.15, -0.1) is 0 Å². The number of hydrogen-bond acceptors (Lipinski definition) is 2. The molecule has 0 aliphatic rings. The van der Waals surface area contributed by atoms with Crippen molar-refractivity contribution >= 4 is 28.8 Å². The summed E-state index contributed by atoms with van der Waals surface area (Å²) in [4.78, 5) is 6.58. The van der Waals surface area contributed by atoms with Gasteiger partial charge in [0.15, 0.2) is 5.11 Å². The highest BCUT2D eigenvalue weighted by Crippen LogP contribution is 2.27. The van der Waals surface area contributed by atoms with Gasteiger partial charge in [0.2, 0.25) is 0 Å². The van der Waals surface area contributed by atoms with Gasteiger partial charge in [-0.05, 0) is 48.5 Å². The van der Waals surface area contributed by atoms with Crippen LogP contribution >= 0.6 is 12.2 Å². The van der Waals surface area contributed by atoms with E-state index in [1.807, 2.05) is 72.5 Å². The second kappa shape index (κ2) is 7.23. The number of nitrogens with two attached hydrogens (primary N) is 1. The third-order valence-corrected chi connectivity index (χ3v) is 4.01. The maximum absolute atomic E-state index is 5.99. The van der Waals surface area contributed by atoms with Crippen molar-refractivity contribution in [2.24, 2.45) is 5.73 Å². The van der Waals surface area contributed by atoms with Crippen LogP contribution in [0.5, 0.6) is 0 Å². The third-order valence-electron chi connectivity index (χ3n) is 3.83. The number of aryl methyl sites for hydroxylation is 1. The molecule has 0 spiro atoms. The van der Waals surface area contributed by atoms with Crippen LogP contribution in [0.15, 0.2) is 72.8 Å². The molecule has 0 atom stereocenters. The third kappa shape index (κ3) is 3.60. The van der Waals surface area contributed by atoms with Crippen molar-refractivity contribution in [3.8, 4) is 0 Å². The van der Waals surface area contributed by atoms with Gasteiger partial charge in [-0.2, -0.15) is 0 Å². The highest BCUT2D eigenvalue weighted by Gasteiger charge is 2.15. The van der Waals surface area contributed by atoms with Gasteiger partial charge in [0.1, 0.15) is 5.82 Å². The number of benzene rings is 2. The number of para-hydroxylation sites is 1. The molecule has 0 saturated carbocycles. The van der Waals surface area contributed by atoms with Crippen LogP contribution < -0.4 is 10.6 Å². The standard InChI is InChI=1S/C20H19N3S/c1-15-8-5-6-12-18(15)23(20(21)24)19-13-7-11-17(22-19)14-16-9-3-2-4-10-16/h2-13H,14H2,1H3,(H2,21,24). The molecule has 3 rings (SSSR count). The van der Waals surface area contributed by atoms with E-state index in [1.165, 1.54) is 5.56 Å². The first-order valence-corrected chi connectivity index (χ1v) is 8.21. The van der Waals surface area contributed by atoms with E-state index >= 15 is 0 Å². The minimum absolute atomic E-state index is 0.286. The van der Waals surface area contributed by atoms with Crippen LogP contribution in [0, 0.1) is 6.92 Å². The second-order valence-electron chi connectivity index (χ2n) is 5.61. The van der Waals surface area contributed by atoms with Gasteiger partial charge in [-0.3, -0.25) is 4.90 Å². The van der Waals surface area contributed by atoms with E-state index < -0.39 is 0 Å². The van der Waals surface area contributed by atoms with E-state index in [1.54, 1.807) is 0 Å². The fourth-order valence-electron chi connectivity index (χ4n) is 2.66. The molecule has 0 amide bonds. The fourth-order valence-corrected chi connectivity index (χ4v) is 2.86. The Morgan fingerprint density at radius 1 is 0.958 bits per heavy atom. The molecule has 0 fully saturated rings. The second-order valence-corrected chi connectivity index (χ2v) is 6.03. The van der Waals surface area contributed by atoms with Crippen molar-refractivity contribution in [1.82, 2.24) is 4.98 Å². The maximum atomic E-state index is 5.99. The van der Waals surface area contributed by atoms with Crippen molar-refractivity contribution < 1.29 is 0 Å². The van der Waals surface area contributed by atoms with E-state index in [-0.39, 0.29) is 5.11 Å². The number of aromatic nitrogens is 1. The van der Waals surface area contributed by atoms with Crippen molar-refractivity contribution in [2.45, 2.75) is 13.3 Å². The average molecular weight is 333 g/mol. The number of nitrogens with zero attached hydrogens (tertiary/aromatic N) is 2. The lowest BCUT2D eigenvalue weighted by molar-refractivity contribution is 1.06. The molecule has 1 heterocycles. The normalized spacial score (nSPS) is 10.4. The zero-order chi connectivity index (χ0) is 16.9. The van der Waals surface area contributed by atoms with Crippen LogP contribution in [0.2, 0.25) is 0 Å². The Bertz CT molecular complexity index is 846. The van der Waals surface area contributed by atoms with Crippen molar-refractivity contribution in [1.29, 1.82) is 0 Å². The van der Waals surface area contributed by atoms with Crippen LogP contribution in [-0.2, 0) is 6.42 Å². The number of pyridine rings is 1. The molecular formula is C20H19N3S. The van der Waals surface area contributed by atoms with Gasteiger partial charge in [0, 0.05) is 12.1 Å². The van der Waals surface area contributed by atoms with Gasteiger partial charge in [0.05, 0.1) is 5.69 Å². The highest BCUT2D eigenvalue weighted by atomic mass is 32.1. The number of anilines is 2. The summed E-state index contributed by atoms with van der Waals surface area (Å²) < 4.78 is 0. The lowest BCUT2D eigenvalue weighted by atomic mass is 10.1. The zero-order valence-electron chi connectivity index (χ0n) is 13.5. The van der Waals surface area contributed by atoms with Gasteiger partial charge < -0.3 is 5.73 Å². The predicted octanol–water partition coefficient (Wildman–Crippen LogP) is 4.36. The lowest BCUT2D eigenvalue weighted by Crippen LogP contribution is -2.32. The van der Waals surface area contributed by atoms with E-state index in [0.29, 0.717) is 0 Å². The molecule has 0 unspecified atom stereocenters. The minimum atomic E-state index is 0.286. The van der Waals surface area contributed by atoms with Crippen LogP contribution in [-0.4, -0.2) is 10.1 Å². The van der Waals surface area contributed by atoms with E-state index in [2.05, 4.69) is 12.1 Å². The molecule has 0 saturated heterocycles. The van der Waals surface area contributed by atoms with Crippen molar-refractivity contribution in [2.75, 3.05) is 4.90 Å². The molecule has 4 heteroatoms. The minimum Gasteiger partial charge on any atom is -0.376 e. The van der Waals surface area contributed by atoms with E-state index in [4.69, 9.17) is 22.9 Å². The Morgan fingerprint density at radius 3 is 2.38 bits per heavy atom. The Labute approximate surface area is 147 Å². The predicted molar refractivity (Wildman–Crippen MR) is 104 cm³/mol. The smallest absolute Gasteiger partial charge is 0.176 e. The van der Waals surface area contributed by atoms with Crippen molar-refractivity contribution in [3.63, 3.8) is 0 Å². The first-order valence-electron chi connectivity index (χ1n) is 7.80. The Kier molecular flexibility index (Phi) is 4.87. The molecule has 24 heavy (non-hydrogen) atoms. The van der Waals surface area contributed by atoms with Gasteiger partial charge in [-0.1, -0.05) is 54.6 Å². The summed E-state index contributed by atoms with van der Waals surface area (Å²) in [6, 6.07) is 24.2. The summed E-state index contributed by atoms with van der Waals surface area (Å²) >= 11 is 5.28. The summed E-state index contributed by atoms with van der Waals surface area (Å²) in [6.07, 6.45) is 0.771. The first-order chi connectivity index (χ1) is 11.6. The molecule has 3 aromatic rings. The monoisotopic (exact) mass is 333 g/mol. The number of hydrogen-bond donors (Lipinski definition) is 1. The molecule has 120 valence electrons. The van der Waals surface area contributed by atoms with Crippen LogP contribution in [0.25, 0.3) is 0 Å². The van der Waals surface area contributed by atoms with Gasteiger partial charge >= 0.3 is 0 Å². The summed E-state index contributed by atoms with van der Waals surface area (Å²) in [7, 11) is 0. The summed E-state index contributed by atoms with van der Waals surface area (Å²) in [5.74, 6) is 0.741. The first kappa shape index (κ1) is 16.1. The molecule has 3 nitrogen and oxygen atoms in total. The molecule has 2 N–H and O–H groups in total. The van der Waals surface area contributed by atoms with E-state index in [9.17, 15) is 0 Å². The van der Waals surface area contributed by atoms with Gasteiger partial charge in [0.25, 0.3) is 0 Å². The number of thiocarbonyl (C=S) groups is 1. The molecule has 0 aliphatic carbocycles. The molecule has 1 aromatic heterocycles. The molecule has 0 bridgehead atoms. The SMILES string of the molecule is Cc1ccccc1N(C(N)=S)c1cccc(Cc2ccccc2)n1. The molecule has 0 radical (unpaired) electrons. The fraction of sp³-hybridized carbons (Fsp3) is 0.100.